The van der Waals surface area contributed by atoms with Crippen molar-refractivity contribution < 1.29 is 9.21 Å². The average Bonchev–Trinajstić information content (AvgIpc) is 3.10. The van der Waals surface area contributed by atoms with Gasteiger partial charge in [-0.05, 0) is 48.2 Å². The molecule has 0 bridgehead atoms. The summed E-state index contributed by atoms with van der Waals surface area (Å²) in [5.74, 6) is 2.84. The lowest BCUT2D eigenvalue weighted by atomic mass is 10.2. The molecule has 2 aromatic heterocycles. The summed E-state index contributed by atoms with van der Waals surface area (Å²) in [5, 5.41) is 6.95. The molecular weight excluding hydrogens is 328 g/mol. The Morgan fingerprint density at radius 2 is 2.12 bits per heavy atom. The Labute approximate surface area is 151 Å². The molecule has 1 N–H and O–H groups in total. The number of hydrogen-bond acceptors (Lipinski definition) is 4. The van der Waals surface area contributed by atoms with Crippen LogP contribution in [0.2, 0.25) is 0 Å². The number of nitrogens with one attached hydrogen (secondary N) is 1. The number of rotatable bonds is 6. The maximum absolute atomic E-state index is 12.0. The molecule has 0 spiro atoms. The van der Waals surface area contributed by atoms with Crippen molar-refractivity contribution in [2.75, 3.05) is 0 Å². The molecule has 6 heteroatoms. The Morgan fingerprint density at radius 1 is 1.31 bits per heavy atom. The summed E-state index contributed by atoms with van der Waals surface area (Å²) in [6.45, 7) is 2.68. The molecule has 2 heterocycles. The van der Waals surface area contributed by atoms with Crippen LogP contribution in [0, 0.1) is 5.92 Å². The van der Waals surface area contributed by atoms with Crippen LogP contribution in [0.1, 0.15) is 36.3 Å². The molecular formula is C20H20N4O2. The van der Waals surface area contributed by atoms with Crippen molar-refractivity contribution in [1.82, 2.24) is 20.1 Å². The van der Waals surface area contributed by atoms with Crippen LogP contribution >= 0.6 is 0 Å². The number of nitrogens with zero attached hydrogens (tertiary/aromatic N) is 3. The number of aromatic nitrogens is 3. The highest BCUT2D eigenvalue weighted by atomic mass is 16.3. The lowest BCUT2D eigenvalue weighted by Crippen LogP contribution is -2.20. The fourth-order valence-corrected chi connectivity index (χ4v) is 2.89. The van der Waals surface area contributed by atoms with E-state index in [1.807, 2.05) is 36.4 Å². The predicted molar refractivity (Wildman–Crippen MR) is 97.5 cm³/mol. The molecule has 26 heavy (non-hydrogen) atoms. The van der Waals surface area contributed by atoms with Crippen molar-refractivity contribution in [2.45, 2.75) is 25.8 Å². The normalized spacial score (nSPS) is 19.0. The SMILES string of the molecule is C[C@@H]1C[C@H]1c1ccc(/C=C\C(=O)NCc2ccc(-n3cncn3)cc2)o1. The Kier molecular flexibility index (Phi) is 4.39. The smallest absolute Gasteiger partial charge is 0.244 e. The van der Waals surface area contributed by atoms with Crippen molar-refractivity contribution in [3.05, 3.63) is 72.2 Å². The minimum atomic E-state index is -0.150. The van der Waals surface area contributed by atoms with Gasteiger partial charge in [-0.2, -0.15) is 5.10 Å². The molecule has 1 fully saturated rings. The van der Waals surface area contributed by atoms with Crippen LogP contribution in [-0.2, 0) is 11.3 Å². The van der Waals surface area contributed by atoms with Crippen LogP contribution in [0.25, 0.3) is 11.8 Å². The van der Waals surface area contributed by atoms with E-state index < -0.39 is 0 Å². The first-order valence-corrected chi connectivity index (χ1v) is 8.68. The van der Waals surface area contributed by atoms with Crippen LogP contribution in [-0.4, -0.2) is 20.7 Å². The second kappa shape index (κ2) is 7.00. The largest absolute Gasteiger partial charge is 0.461 e. The zero-order valence-electron chi connectivity index (χ0n) is 14.5. The van der Waals surface area contributed by atoms with Gasteiger partial charge in [0, 0.05) is 18.5 Å². The second-order valence-corrected chi connectivity index (χ2v) is 6.62. The molecule has 2 atom stereocenters. The Balaban J connectivity index is 1.29. The maximum Gasteiger partial charge on any atom is 0.244 e. The molecule has 1 aromatic carbocycles. The lowest BCUT2D eigenvalue weighted by Gasteiger charge is -2.04. The second-order valence-electron chi connectivity index (χ2n) is 6.62. The summed E-state index contributed by atoms with van der Waals surface area (Å²) in [6, 6.07) is 11.7. The summed E-state index contributed by atoms with van der Waals surface area (Å²) in [4.78, 5) is 15.9. The molecule has 0 radical (unpaired) electrons. The van der Waals surface area contributed by atoms with Crippen LogP contribution in [0.15, 0.2) is 59.5 Å². The van der Waals surface area contributed by atoms with E-state index >= 15 is 0 Å². The number of amides is 1. The van der Waals surface area contributed by atoms with Gasteiger partial charge in [0.15, 0.2) is 0 Å². The van der Waals surface area contributed by atoms with E-state index in [1.165, 1.54) is 18.8 Å². The van der Waals surface area contributed by atoms with E-state index in [2.05, 4.69) is 22.3 Å². The highest BCUT2D eigenvalue weighted by Gasteiger charge is 2.36. The van der Waals surface area contributed by atoms with E-state index in [1.54, 1.807) is 17.1 Å². The third-order valence-corrected chi connectivity index (χ3v) is 4.61. The van der Waals surface area contributed by atoms with Gasteiger partial charge >= 0.3 is 0 Å². The number of furan rings is 1. The molecule has 3 aromatic rings. The zero-order valence-corrected chi connectivity index (χ0v) is 14.5. The van der Waals surface area contributed by atoms with Crippen molar-refractivity contribution in [1.29, 1.82) is 0 Å². The van der Waals surface area contributed by atoms with E-state index in [9.17, 15) is 4.79 Å². The first-order valence-electron chi connectivity index (χ1n) is 8.68. The van der Waals surface area contributed by atoms with Gasteiger partial charge in [-0.3, -0.25) is 4.79 Å². The van der Waals surface area contributed by atoms with Crippen molar-refractivity contribution >= 4 is 12.0 Å². The molecule has 0 saturated heterocycles. The van der Waals surface area contributed by atoms with Crippen LogP contribution in [0.3, 0.4) is 0 Å². The lowest BCUT2D eigenvalue weighted by molar-refractivity contribution is -0.116. The summed E-state index contributed by atoms with van der Waals surface area (Å²) in [5.41, 5.74) is 1.94. The molecule has 1 amide bonds. The van der Waals surface area contributed by atoms with Gasteiger partial charge in [-0.1, -0.05) is 19.1 Å². The van der Waals surface area contributed by atoms with Gasteiger partial charge in [0.2, 0.25) is 5.91 Å². The first-order chi connectivity index (χ1) is 12.7. The topological polar surface area (TPSA) is 73.0 Å². The number of benzene rings is 1. The summed E-state index contributed by atoms with van der Waals surface area (Å²) in [7, 11) is 0. The van der Waals surface area contributed by atoms with Crippen molar-refractivity contribution in [3.63, 3.8) is 0 Å². The maximum atomic E-state index is 12.0. The molecule has 132 valence electrons. The van der Waals surface area contributed by atoms with Gasteiger partial charge in [-0.25, -0.2) is 9.67 Å². The van der Waals surface area contributed by atoms with E-state index in [-0.39, 0.29) is 5.91 Å². The van der Waals surface area contributed by atoms with Crippen LogP contribution < -0.4 is 5.32 Å². The molecule has 6 nitrogen and oxygen atoms in total. The summed E-state index contributed by atoms with van der Waals surface area (Å²) in [6.07, 6.45) is 7.54. The van der Waals surface area contributed by atoms with E-state index in [4.69, 9.17) is 4.42 Å². The zero-order chi connectivity index (χ0) is 17.9. The minimum Gasteiger partial charge on any atom is -0.461 e. The molecule has 1 aliphatic carbocycles. The van der Waals surface area contributed by atoms with Gasteiger partial charge in [0.05, 0.1) is 5.69 Å². The van der Waals surface area contributed by atoms with Gasteiger partial charge in [0.1, 0.15) is 24.2 Å². The fourth-order valence-electron chi connectivity index (χ4n) is 2.89. The number of carbonyl (C=O) groups is 1. The highest BCUT2D eigenvalue weighted by Crippen LogP contribution is 2.47. The summed E-state index contributed by atoms with van der Waals surface area (Å²) < 4.78 is 7.45. The monoisotopic (exact) mass is 348 g/mol. The Bertz CT molecular complexity index is 910. The van der Waals surface area contributed by atoms with Crippen molar-refractivity contribution in [2.24, 2.45) is 5.92 Å². The molecule has 0 aliphatic heterocycles. The highest BCUT2D eigenvalue weighted by molar-refractivity contribution is 5.91. The predicted octanol–water partition coefficient (Wildman–Crippen LogP) is 3.31. The standard InChI is InChI=1S/C20H20N4O2/c1-14-10-18(14)19-8-6-17(26-19)7-9-20(25)22-11-15-2-4-16(5-3-15)24-13-21-12-23-24/h2-9,12-14,18H,10-11H2,1H3,(H,22,25)/b9-7-/t14-,18-/m1/s1. The molecule has 1 aliphatic rings. The Hall–Kier alpha value is -3.15. The third-order valence-electron chi connectivity index (χ3n) is 4.61. The molecule has 4 rings (SSSR count). The van der Waals surface area contributed by atoms with Crippen LogP contribution in [0.5, 0.6) is 0 Å². The Morgan fingerprint density at radius 3 is 2.81 bits per heavy atom. The van der Waals surface area contributed by atoms with Gasteiger partial charge in [-0.15, -0.1) is 0 Å². The number of carbonyl (C=O) groups excluding carboxylic acids is 1. The molecule has 1 saturated carbocycles. The first kappa shape index (κ1) is 16.3. The minimum absolute atomic E-state index is 0.150. The van der Waals surface area contributed by atoms with Crippen molar-refractivity contribution in [3.8, 4) is 5.69 Å². The van der Waals surface area contributed by atoms with Gasteiger partial charge in [0.25, 0.3) is 0 Å². The molecule has 0 unspecified atom stereocenters. The quantitative estimate of drug-likeness (QED) is 0.694. The van der Waals surface area contributed by atoms with Gasteiger partial charge < -0.3 is 9.73 Å². The fraction of sp³-hybridized carbons (Fsp3) is 0.250. The number of hydrogen-bond donors (Lipinski definition) is 1. The summed E-state index contributed by atoms with van der Waals surface area (Å²) >= 11 is 0. The van der Waals surface area contributed by atoms with E-state index in [0.29, 0.717) is 24.1 Å². The third kappa shape index (κ3) is 3.74. The average molecular weight is 348 g/mol. The van der Waals surface area contributed by atoms with Crippen LogP contribution in [0.4, 0.5) is 0 Å². The van der Waals surface area contributed by atoms with E-state index in [0.717, 1.165) is 17.0 Å².